The highest BCUT2D eigenvalue weighted by molar-refractivity contribution is 5.76. The van der Waals surface area contributed by atoms with Gasteiger partial charge in [0.25, 0.3) is 0 Å². The quantitative estimate of drug-likeness (QED) is 0.614. The van der Waals surface area contributed by atoms with Gasteiger partial charge in [0.15, 0.2) is 0 Å². The predicted octanol–water partition coefficient (Wildman–Crippen LogP) is 4.38. The van der Waals surface area contributed by atoms with Gasteiger partial charge in [0.05, 0.1) is 6.54 Å². The zero-order chi connectivity index (χ0) is 18.2. The van der Waals surface area contributed by atoms with Crippen LogP contribution in [0.3, 0.4) is 0 Å². The summed E-state index contributed by atoms with van der Waals surface area (Å²) in [6.07, 6.45) is 0.976. The highest BCUT2D eigenvalue weighted by Crippen LogP contribution is 2.22. The molecule has 0 spiro atoms. The van der Waals surface area contributed by atoms with Gasteiger partial charge in [0.2, 0.25) is 5.91 Å². The van der Waals surface area contributed by atoms with Gasteiger partial charge in [-0.2, -0.15) is 0 Å². The Kier molecular flexibility index (Phi) is 6.09. The van der Waals surface area contributed by atoms with Gasteiger partial charge in [-0.1, -0.05) is 42.5 Å². The number of furan rings is 1. The van der Waals surface area contributed by atoms with Crippen molar-refractivity contribution >= 4 is 5.91 Å². The molecule has 0 aliphatic carbocycles. The molecule has 1 amide bonds. The van der Waals surface area contributed by atoms with Gasteiger partial charge < -0.3 is 14.5 Å². The van der Waals surface area contributed by atoms with Gasteiger partial charge in [-0.3, -0.25) is 4.79 Å². The molecular formula is C22H23NO3. The van der Waals surface area contributed by atoms with Crippen LogP contribution in [-0.4, -0.2) is 19.1 Å². The van der Waals surface area contributed by atoms with Crippen molar-refractivity contribution < 1.29 is 13.9 Å². The average molecular weight is 349 g/mol. The van der Waals surface area contributed by atoms with Gasteiger partial charge in [-0.25, -0.2) is 0 Å². The van der Waals surface area contributed by atoms with Crippen molar-refractivity contribution in [1.29, 1.82) is 0 Å². The number of ether oxygens (including phenoxy) is 1. The number of rotatable bonds is 8. The predicted molar refractivity (Wildman–Crippen MR) is 102 cm³/mol. The maximum Gasteiger partial charge on any atom is 0.220 e. The van der Waals surface area contributed by atoms with Gasteiger partial charge >= 0.3 is 0 Å². The summed E-state index contributed by atoms with van der Waals surface area (Å²) in [4.78, 5) is 12.0. The highest BCUT2D eigenvalue weighted by Gasteiger charge is 2.07. The molecule has 0 saturated carbocycles. The van der Waals surface area contributed by atoms with Crippen molar-refractivity contribution in [2.45, 2.75) is 19.8 Å². The number of hydrogen-bond donors (Lipinski definition) is 1. The summed E-state index contributed by atoms with van der Waals surface area (Å²) in [6.45, 7) is 2.96. The smallest absolute Gasteiger partial charge is 0.220 e. The molecule has 0 saturated heterocycles. The molecule has 0 bridgehead atoms. The summed E-state index contributed by atoms with van der Waals surface area (Å²) >= 11 is 0. The molecular weight excluding hydrogens is 326 g/mol. The number of carbonyl (C=O) groups excluding carboxylic acids is 1. The molecule has 0 unspecified atom stereocenters. The van der Waals surface area contributed by atoms with E-state index in [1.807, 2.05) is 73.7 Å². The fraction of sp³-hybridized carbons (Fsp3) is 0.227. The number of amides is 1. The zero-order valence-electron chi connectivity index (χ0n) is 14.9. The first-order valence-corrected chi connectivity index (χ1v) is 8.81. The van der Waals surface area contributed by atoms with E-state index in [9.17, 15) is 4.79 Å². The molecule has 3 aromatic rings. The Balaban J connectivity index is 1.37. The van der Waals surface area contributed by atoms with E-state index in [-0.39, 0.29) is 5.91 Å². The minimum absolute atomic E-state index is 0.00416. The molecule has 1 aromatic heterocycles. The van der Waals surface area contributed by atoms with E-state index in [2.05, 4.69) is 5.32 Å². The summed E-state index contributed by atoms with van der Waals surface area (Å²) in [5.74, 6) is 2.46. The van der Waals surface area contributed by atoms with Crippen LogP contribution in [0.5, 0.6) is 5.75 Å². The Labute approximate surface area is 153 Å². The van der Waals surface area contributed by atoms with Crippen molar-refractivity contribution in [1.82, 2.24) is 5.32 Å². The summed E-state index contributed by atoms with van der Waals surface area (Å²) in [7, 11) is 0. The molecule has 2 aromatic carbocycles. The van der Waals surface area contributed by atoms with E-state index in [0.717, 1.165) is 28.4 Å². The topological polar surface area (TPSA) is 51.5 Å². The largest absolute Gasteiger partial charge is 0.492 e. The molecule has 3 rings (SSSR count). The molecule has 0 aliphatic rings. The first-order valence-electron chi connectivity index (χ1n) is 8.81. The first-order chi connectivity index (χ1) is 12.7. The summed E-state index contributed by atoms with van der Waals surface area (Å²) in [6, 6.07) is 21.7. The Bertz CT molecular complexity index is 839. The minimum atomic E-state index is -0.00416. The Hall–Kier alpha value is -3.01. The number of nitrogens with one attached hydrogen (secondary N) is 1. The van der Waals surface area contributed by atoms with Gasteiger partial charge in [0, 0.05) is 18.4 Å². The molecule has 4 nitrogen and oxygen atoms in total. The maximum absolute atomic E-state index is 12.0. The molecule has 134 valence electrons. The fourth-order valence-electron chi connectivity index (χ4n) is 2.66. The first kappa shape index (κ1) is 17.8. The van der Waals surface area contributed by atoms with Crippen molar-refractivity contribution in [2.24, 2.45) is 0 Å². The normalized spacial score (nSPS) is 10.5. The molecule has 4 heteroatoms. The van der Waals surface area contributed by atoms with Crippen LogP contribution in [0.1, 0.15) is 17.7 Å². The summed E-state index contributed by atoms with van der Waals surface area (Å²) < 4.78 is 11.4. The van der Waals surface area contributed by atoms with Gasteiger partial charge in [0.1, 0.15) is 23.9 Å². The molecule has 0 radical (unpaired) electrons. The molecule has 26 heavy (non-hydrogen) atoms. The van der Waals surface area contributed by atoms with E-state index in [1.165, 1.54) is 0 Å². The van der Waals surface area contributed by atoms with E-state index in [0.29, 0.717) is 26.0 Å². The van der Waals surface area contributed by atoms with Crippen molar-refractivity contribution in [3.05, 3.63) is 78.1 Å². The second-order valence-electron chi connectivity index (χ2n) is 6.15. The van der Waals surface area contributed by atoms with E-state index < -0.39 is 0 Å². The third-order valence-electron chi connectivity index (χ3n) is 4.00. The van der Waals surface area contributed by atoms with E-state index >= 15 is 0 Å². The zero-order valence-corrected chi connectivity index (χ0v) is 14.9. The Morgan fingerprint density at radius 3 is 2.69 bits per heavy atom. The summed E-state index contributed by atoms with van der Waals surface area (Å²) in [5, 5.41) is 2.87. The van der Waals surface area contributed by atoms with Crippen LogP contribution in [0, 0.1) is 6.92 Å². The molecule has 0 atom stereocenters. The molecule has 1 heterocycles. The number of aryl methyl sites for hydroxylation is 2. The van der Waals surface area contributed by atoms with Gasteiger partial charge in [-0.15, -0.1) is 0 Å². The van der Waals surface area contributed by atoms with E-state index in [4.69, 9.17) is 9.15 Å². The second kappa shape index (κ2) is 8.90. The lowest BCUT2D eigenvalue weighted by atomic mass is 10.2. The fourth-order valence-corrected chi connectivity index (χ4v) is 2.66. The minimum Gasteiger partial charge on any atom is -0.492 e. The molecule has 0 fully saturated rings. The van der Waals surface area contributed by atoms with Crippen LogP contribution in [0.2, 0.25) is 0 Å². The lowest BCUT2D eigenvalue weighted by molar-refractivity contribution is -0.121. The van der Waals surface area contributed by atoms with E-state index in [1.54, 1.807) is 0 Å². The number of benzene rings is 2. The number of carbonyl (C=O) groups is 1. The molecule has 0 aliphatic heterocycles. The van der Waals surface area contributed by atoms with Crippen LogP contribution < -0.4 is 10.1 Å². The Morgan fingerprint density at radius 2 is 1.88 bits per heavy atom. The van der Waals surface area contributed by atoms with Gasteiger partial charge in [-0.05, 0) is 36.8 Å². The van der Waals surface area contributed by atoms with Crippen molar-refractivity contribution in [3.8, 4) is 17.1 Å². The number of hydrogen-bond acceptors (Lipinski definition) is 3. The van der Waals surface area contributed by atoms with Crippen LogP contribution in [-0.2, 0) is 11.2 Å². The maximum atomic E-state index is 12.0. The highest BCUT2D eigenvalue weighted by atomic mass is 16.5. The van der Waals surface area contributed by atoms with Crippen LogP contribution in [0.4, 0.5) is 0 Å². The molecule has 1 N–H and O–H groups in total. The third kappa shape index (κ3) is 5.24. The van der Waals surface area contributed by atoms with Crippen molar-refractivity contribution in [2.75, 3.05) is 13.2 Å². The van der Waals surface area contributed by atoms with Crippen LogP contribution in [0.25, 0.3) is 11.3 Å². The second-order valence-corrected chi connectivity index (χ2v) is 6.15. The average Bonchev–Trinajstić information content (AvgIpc) is 3.13. The Morgan fingerprint density at radius 1 is 1.04 bits per heavy atom. The lowest BCUT2D eigenvalue weighted by Crippen LogP contribution is -2.28. The SMILES string of the molecule is Cc1cccc(OCCNC(=O)CCc2ccc(-c3ccccc3)o2)c1. The lowest BCUT2D eigenvalue weighted by Gasteiger charge is -2.08. The van der Waals surface area contributed by atoms with Crippen molar-refractivity contribution in [3.63, 3.8) is 0 Å². The third-order valence-corrected chi connectivity index (χ3v) is 4.00. The monoisotopic (exact) mass is 349 g/mol. The summed E-state index contributed by atoms with van der Waals surface area (Å²) in [5.41, 5.74) is 2.19. The van der Waals surface area contributed by atoms with Crippen LogP contribution >= 0.6 is 0 Å². The van der Waals surface area contributed by atoms with Crippen LogP contribution in [0.15, 0.2) is 71.1 Å². The standard InChI is InChI=1S/C22H23NO3/c1-17-6-5-9-20(16-17)25-15-14-23-22(24)13-11-19-10-12-21(26-19)18-7-3-2-4-8-18/h2-10,12,16H,11,13-15H2,1H3,(H,23,24).